The quantitative estimate of drug-likeness (QED) is 0.779. The average molecular weight is 407 g/mol. The highest BCUT2D eigenvalue weighted by Crippen LogP contribution is 2.36. The Bertz CT molecular complexity index is 929. The minimum absolute atomic E-state index is 0.0669. The van der Waals surface area contributed by atoms with Crippen molar-refractivity contribution in [2.45, 2.75) is 24.1 Å². The third-order valence-corrected chi connectivity index (χ3v) is 6.39. The van der Waals surface area contributed by atoms with Crippen LogP contribution < -0.4 is 4.74 Å². The molecule has 26 heavy (non-hydrogen) atoms. The highest BCUT2D eigenvalue weighted by Gasteiger charge is 2.41. The van der Waals surface area contributed by atoms with Gasteiger partial charge in [0.05, 0.1) is 18.0 Å². The maximum absolute atomic E-state index is 13.0. The molecule has 0 saturated carbocycles. The summed E-state index contributed by atoms with van der Waals surface area (Å²) in [5.41, 5.74) is -0.574. The lowest BCUT2D eigenvalue weighted by Gasteiger charge is -2.38. The van der Waals surface area contributed by atoms with Gasteiger partial charge >= 0.3 is 6.18 Å². The molecule has 0 atom stereocenters. The number of nitrogens with zero attached hydrogens (tertiary/aromatic N) is 2. The van der Waals surface area contributed by atoms with E-state index >= 15 is 0 Å². The van der Waals surface area contributed by atoms with Gasteiger partial charge < -0.3 is 4.74 Å². The number of alkyl halides is 3. The zero-order valence-corrected chi connectivity index (χ0v) is 15.1. The Morgan fingerprint density at radius 2 is 1.92 bits per heavy atom. The smallest absolute Gasteiger partial charge is 0.421 e. The van der Waals surface area contributed by atoms with Crippen molar-refractivity contribution in [1.29, 1.82) is 0 Å². The van der Waals surface area contributed by atoms with E-state index < -0.39 is 33.7 Å². The summed E-state index contributed by atoms with van der Waals surface area (Å²) < 4.78 is 70.5. The van der Waals surface area contributed by atoms with Crippen LogP contribution in [0.15, 0.2) is 41.4 Å². The molecule has 1 aliphatic heterocycles. The molecule has 10 heteroatoms. The summed E-state index contributed by atoms with van der Waals surface area (Å²) in [6, 6.07) is 6.57. The second-order valence-electron chi connectivity index (χ2n) is 5.78. The number of benzene rings is 1. The van der Waals surface area contributed by atoms with Crippen molar-refractivity contribution in [2.75, 3.05) is 13.1 Å². The van der Waals surface area contributed by atoms with Crippen LogP contribution in [0.4, 0.5) is 13.2 Å². The molecule has 0 unspecified atom stereocenters. The zero-order valence-electron chi connectivity index (χ0n) is 13.5. The monoisotopic (exact) mass is 406 g/mol. The van der Waals surface area contributed by atoms with Crippen LogP contribution in [0, 0.1) is 6.92 Å². The number of hydrogen-bond acceptors (Lipinski definition) is 4. The van der Waals surface area contributed by atoms with Crippen LogP contribution >= 0.6 is 11.6 Å². The summed E-state index contributed by atoms with van der Waals surface area (Å²) in [4.78, 5) is 3.68. The fourth-order valence-electron chi connectivity index (χ4n) is 2.54. The Morgan fingerprint density at radius 3 is 2.58 bits per heavy atom. The normalized spacial score (nSPS) is 16.3. The second kappa shape index (κ2) is 6.71. The van der Waals surface area contributed by atoms with Gasteiger partial charge in [-0.1, -0.05) is 17.7 Å². The molecule has 1 fully saturated rings. The van der Waals surface area contributed by atoms with Crippen molar-refractivity contribution in [1.82, 2.24) is 9.29 Å². The number of pyridine rings is 1. The van der Waals surface area contributed by atoms with Gasteiger partial charge in [0, 0.05) is 11.2 Å². The van der Waals surface area contributed by atoms with Crippen molar-refractivity contribution in [3.63, 3.8) is 0 Å². The standard InChI is InChI=1S/C16H14ClF3N2O3S/c1-10-13(17)5-2-6-14(10)26(23,24)22-8-11(9-22)25-15-12(16(18,19)20)4-3-7-21-15/h2-7,11H,8-9H2,1H3. The summed E-state index contributed by atoms with van der Waals surface area (Å²) in [6.07, 6.45) is -4.12. The van der Waals surface area contributed by atoms with Crippen LogP contribution in [0.25, 0.3) is 0 Å². The van der Waals surface area contributed by atoms with E-state index in [1.54, 1.807) is 13.0 Å². The van der Waals surface area contributed by atoms with Crippen molar-refractivity contribution >= 4 is 21.6 Å². The van der Waals surface area contributed by atoms with Gasteiger partial charge in [0.2, 0.25) is 15.9 Å². The molecule has 1 aromatic heterocycles. The summed E-state index contributed by atoms with van der Waals surface area (Å²) in [5.74, 6) is -0.555. The van der Waals surface area contributed by atoms with E-state index in [1.807, 2.05) is 0 Å². The molecule has 0 N–H and O–H groups in total. The molecule has 3 rings (SSSR count). The molecule has 1 aromatic carbocycles. The molecule has 140 valence electrons. The van der Waals surface area contributed by atoms with Crippen molar-refractivity contribution < 1.29 is 26.3 Å². The van der Waals surface area contributed by atoms with Gasteiger partial charge in [-0.15, -0.1) is 0 Å². The van der Waals surface area contributed by atoms with E-state index in [2.05, 4.69) is 4.98 Å². The van der Waals surface area contributed by atoms with Crippen LogP contribution in [0.1, 0.15) is 11.1 Å². The number of hydrogen-bond donors (Lipinski definition) is 0. The third kappa shape index (κ3) is 3.51. The first-order valence-electron chi connectivity index (χ1n) is 7.55. The highest BCUT2D eigenvalue weighted by molar-refractivity contribution is 7.89. The Kier molecular flexibility index (Phi) is 4.89. The minimum Gasteiger partial charge on any atom is -0.471 e. The molecule has 0 bridgehead atoms. The van der Waals surface area contributed by atoms with E-state index in [9.17, 15) is 21.6 Å². The van der Waals surface area contributed by atoms with Crippen LogP contribution in [0.3, 0.4) is 0 Å². The van der Waals surface area contributed by atoms with Crippen LogP contribution in [-0.4, -0.2) is 36.9 Å². The highest BCUT2D eigenvalue weighted by atomic mass is 35.5. The summed E-state index contributed by atoms with van der Waals surface area (Å²) >= 11 is 5.96. The zero-order chi connectivity index (χ0) is 19.1. The van der Waals surface area contributed by atoms with Crippen LogP contribution in [0.2, 0.25) is 5.02 Å². The molecule has 0 spiro atoms. The topological polar surface area (TPSA) is 59.5 Å². The molecule has 2 aromatic rings. The largest absolute Gasteiger partial charge is 0.471 e. The molecule has 1 aliphatic rings. The molecular weight excluding hydrogens is 393 g/mol. The van der Waals surface area contributed by atoms with E-state index in [1.165, 1.54) is 18.3 Å². The number of rotatable bonds is 4. The van der Waals surface area contributed by atoms with Gasteiger partial charge in [0.25, 0.3) is 0 Å². The molecule has 2 heterocycles. The fraction of sp³-hybridized carbons (Fsp3) is 0.312. The van der Waals surface area contributed by atoms with Gasteiger partial charge in [-0.25, -0.2) is 13.4 Å². The summed E-state index contributed by atoms with van der Waals surface area (Å²) in [7, 11) is -3.79. The van der Waals surface area contributed by atoms with Crippen molar-refractivity contribution in [3.05, 3.63) is 52.7 Å². The first kappa shape index (κ1) is 18.9. The van der Waals surface area contributed by atoms with Crippen LogP contribution in [-0.2, 0) is 16.2 Å². The van der Waals surface area contributed by atoms with Crippen molar-refractivity contribution in [2.24, 2.45) is 0 Å². The van der Waals surface area contributed by atoms with Gasteiger partial charge in [0.15, 0.2) is 0 Å². The number of halogens is 4. The van der Waals surface area contributed by atoms with Crippen molar-refractivity contribution in [3.8, 4) is 5.88 Å². The van der Waals surface area contributed by atoms with E-state index in [0.717, 1.165) is 16.4 Å². The molecule has 5 nitrogen and oxygen atoms in total. The first-order chi connectivity index (χ1) is 12.1. The second-order valence-corrected chi connectivity index (χ2v) is 8.09. The number of sulfonamides is 1. The SMILES string of the molecule is Cc1c(Cl)cccc1S(=O)(=O)N1CC(Oc2ncccc2C(F)(F)F)C1. The first-order valence-corrected chi connectivity index (χ1v) is 9.36. The molecule has 0 radical (unpaired) electrons. The fourth-order valence-corrected chi connectivity index (χ4v) is 4.52. The predicted octanol–water partition coefficient (Wildman–Crippen LogP) is 3.51. The van der Waals surface area contributed by atoms with Gasteiger partial charge in [-0.2, -0.15) is 17.5 Å². The number of ether oxygens (including phenoxy) is 1. The maximum Gasteiger partial charge on any atom is 0.421 e. The Morgan fingerprint density at radius 1 is 1.23 bits per heavy atom. The van der Waals surface area contributed by atoms with Crippen LogP contribution in [0.5, 0.6) is 5.88 Å². The lowest BCUT2D eigenvalue weighted by molar-refractivity contribution is -0.140. The Labute approximate surface area is 153 Å². The molecule has 0 aliphatic carbocycles. The van der Waals surface area contributed by atoms with Gasteiger partial charge in [0.1, 0.15) is 11.7 Å². The lowest BCUT2D eigenvalue weighted by Crippen LogP contribution is -2.56. The van der Waals surface area contributed by atoms with E-state index in [0.29, 0.717) is 10.6 Å². The van der Waals surface area contributed by atoms with Gasteiger partial charge in [-0.3, -0.25) is 0 Å². The molecule has 0 amide bonds. The van der Waals surface area contributed by atoms with Gasteiger partial charge in [-0.05, 0) is 36.8 Å². The van der Waals surface area contributed by atoms with E-state index in [4.69, 9.17) is 16.3 Å². The maximum atomic E-state index is 13.0. The number of aromatic nitrogens is 1. The Hall–Kier alpha value is -1.84. The molecule has 1 saturated heterocycles. The lowest BCUT2D eigenvalue weighted by atomic mass is 10.2. The minimum atomic E-state index is -4.60. The average Bonchev–Trinajstić information content (AvgIpc) is 2.52. The third-order valence-electron chi connectivity index (χ3n) is 4.01. The predicted molar refractivity (Wildman–Crippen MR) is 88.6 cm³/mol. The summed E-state index contributed by atoms with van der Waals surface area (Å²) in [6.45, 7) is 1.46. The Balaban J connectivity index is 1.73. The van der Waals surface area contributed by atoms with E-state index in [-0.39, 0.29) is 18.0 Å². The summed E-state index contributed by atoms with van der Waals surface area (Å²) in [5, 5.41) is 0.322. The molecular formula is C16H14ClF3N2O3S.